The predicted octanol–water partition coefficient (Wildman–Crippen LogP) is 3.37. The van der Waals surface area contributed by atoms with E-state index in [1.54, 1.807) is 11.3 Å². The Morgan fingerprint density at radius 2 is 2.14 bits per heavy atom. The van der Waals surface area contributed by atoms with Gasteiger partial charge in [0.25, 0.3) is 5.91 Å². The first-order chi connectivity index (χ1) is 13.6. The van der Waals surface area contributed by atoms with Crippen LogP contribution >= 0.6 is 22.9 Å². The molecular weight excluding hydrogens is 390 g/mol. The SMILES string of the molecule is C[NH+](CC(=O)N1CCC[C@H](c2nc3ccccc3s2)C1)Cc1cccc(Cl)c1. The number of likely N-dealkylation sites (tertiary alicyclic amines) is 1. The van der Waals surface area contributed by atoms with E-state index in [4.69, 9.17) is 16.6 Å². The number of aromatic nitrogens is 1. The van der Waals surface area contributed by atoms with Gasteiger partial charge in [-0.1, -0.05) is 35.9 Å². The van der Waals surface area contributed by atoms with Gasteiger partial charge >= 0.3 is 0 Å². The Hall–Kier alpha value is -1.95. The Morgan fingerprint density at radius 1 is 1.29 bits per heavy atom. The molecule has 1 unspecified atom stereocenters. The van der Waals surface area contributed by atoms with Crippen molar-refractivity contribution in [1.29, 1.82) is 0 Å². The number of carbonyl (C=O) groups excluding carboxylic acids is 1. The Bertz CT molecular complexity index is 940. The first-order valence-corrected chi connectivity index (χ1v) is 11.0. The lowest BCUT2D eigenvalue weighted by Gasteiger charge is -2.32. The Morgan fingerprint density at radius 3 is 2.96 bits per heavy atom. The molecule has 1 aliphatic heterocycles. The van der Waals surface area contributed by atoms with Crippen molar-refractivity contribution in [2.45, 2.75) is 25.3 Å². The van der Waals surface area contributed by atoms with Crippen LogP contribution < -0.4 is 4.90 Å². The molecule has 0 radical (unpaired) electrons. The van der Waals surface area contributed by atoms with Crippen LogP contribution in [-0.4, -0.2) is 42.5 Å². The second-order valence-electron chi connectivity index (χ2n) is 7.64. The van der Waals surface area contributed by atoms with Crippen LogP contribution in [0.1, 0.15) is 29.3 Å². The monoisotopic (exact) mass is 414 g/mol. The molecule has 2 aromatic carbocycles. The molecule has 3 aromatic rings. The maximum atomic E-state index is 12.9. The number of amides is 1. The number of nitrogens with one attached hydrogen (secondary N) is 1. The molecule has 0 bridgehead atoms. The zero-order valence-corrected chi connectivity index (χ0v) is 17.6. The number of likely N-dealkylation sites (N-methyl/N-ethyl adjacent to an activating group) is 1. The minimum Gasteiger partial charge on any atom is -0.337 e. The van der Waals surface area contributed by atoms with Crippen LogP contribution in [0.25, 0.3) is 10.2 Å². The van der Waals surface area contributed by atoms with Crippen LogP contribution in [0.15, 0.2) is 48.5 Å². The van der Waals surface area contributed by atoms with Crippen LogP contribution in [0.2, 0.25) is 5.02 Å². The minimum absolute atomic E-state index is 0.227. The van der Waals surface area contributed by atoms with Gasteiger partial charge in [-0.2, -0.15) is 0 Å². The van der Waals surface area contributed by atoms with E-state index in [-0.39, 0.29) is 5.91 Å². The van der Waals surface area contributed by atoms with E-state index in [0.717, 1.165) is 48.6 Å². The van der Waals surface area contributed by atoms with Crippen molar-refractivity contribution in [3.8, 4) is 0 Å². The predicted molar refractivity (Wildman–Crippen MR) is 115 cm³/mol. The average molecular weight is 415 g/mol. The van der Waals surface area contributed by atoms with Crippen molar-refractivity contribution in [3.63, 3.8) is 0 Å². The highest BCUT2D eigenvalue weighted by molar-refractivity contribution is 7.18. The van der Waals surface area contributed by atoms with Gasteiger partial charge in [0.1, 0.15) is 6.54 Å². The number of halogens is 1. The van der Waals surface area contributed by atoms with Crippen LogP contribution in [-0.2, 0) is 11.3 Å². The van der Waals surface area contributed by atoms with E-state index in [2.05, 4.69) is 31.3 Å². The highest BCUT2D eigenvalue weighted by Gasteiger charge is 2.28. The minimum atomic E-state index is 0.227. The summed E-state index contributed by atoms with van der Waals surface area (Å²) in [5.74, 6) is 0.577. The summed E-state index contributed by atoms with van der Waals surface area (Å²) in [7, 11) is 2.06. The number of thiazole rings is 1. The molecule has 2 heterocycles. The number of nitrogens with zero attached hydrogens (tertiary/aromatic N) is 2. The fourth-order valence-corrected chi connectivity index (χ4v) is 5.20. The largest absolute Gasteiger partial charge is 0.337 e. The zero-order valence-electron chi connectivity index (χ0n) is 16.0. The maximum Gasteiger partial charge on any atom is 0.277 e. The maximum absolute atomic E-state index is 12.9. The molecule has 2 atom stereocenters. The fraction of sp³-hybridized carbons (Fsp3) is 0.364. The van der Waals surface area contributed by atoms with Gasteiger partial charge in [-0.3, -0.25) is 4.79 Å². The number of piperidine rings is 1. The average Bonchev–Trinajstić information content (AvgIpc) is 3.12. The second-order valence-corrected chi connectivity index (χ2v) is 9.14. The summed E-state index contributed by atoms with van der Waals surface area (Å²) in [6.07, 6.45) is 2.15. The zero-order chi connectivity index (χ0) is 19.5. The lowest BCUT2D eigenvalue weighted by atomic mass is 9.98. The molecule has 1 aliphatic rings. The molecule has 1 fully saturated rings. The highest BCUT2D eigenvalue weighted by atomic mass is 35.5. The van der Waals surface area contributed by atoms with E-state index in [9.17, 15) is 4.79 Å². The summed E-state index contributed by atoms with van der Waals surface area (Å²) in [4.78, 5) is 20.9. The van der Waals surface area contributed by atoms with E-state index >= 15 is 0 Å². The van der Waals surface area contributed by atoms with Gasteiger partial charge in [0.05, 0.1) is 22.3 Å². The van der Waals surface area contributed by atoms with Gasteiger partial charge in [0, 0.05) is 29.6 Å². The second kappa shape index (κ2) is 8.60. The van der Waals surface area contributed by atoms with Crippen molar-refractivity contribution in [3.05, 3.63) is 64.1 Å². The highest BCUT2D eigenvalue weighted by Crippen LogP contribution is 2.32. The van der Waals surface area contributed by atoms with Gasteiger partial charge in [-0.05, 0) is 37.1 Å². The van der Waals surface area contributed by atoms with E-state index in [0.29, 0.717) is 12.5 Å². The molecule has 4 rings (SSSR count). The summed E-state index contributed by atoms with van der Waals surface area (Å²) >= 11 is 7.84. The molecule has 0 spiro atoms. The summed E-state index contributed by atoms with van der Waals surface area (Å²) < 4.78 is 1.23. The molecule has 0 aliphatic carbocycles. The van der Waals surface area contributed by atoms with Crippen molar-refractivity contribution >= 4 is 39.1 Å². The number of carbonyl (C=O) groups is 1. The van der Waals surface area contributed by atoms with Gasteiger partial charge in [0.15, 0.2) is 6.54 Å². The topological polar surface area (TPSA) is 37.6 Å². The van der Waals surface area contributed by atoms with Crippen LogP contribution in [0.4, 0.5) is 0 Å². The van der Waals surface area contributed by atoms with Gasteiger partial charge < -0.3 is 9.80 Å². The number of rotatable bonds is 5. The third-order valence-electron chi connectivity index (χ3n) is 5.28. The number of benzene rings is 2. The quantitative estimate of drug-likeness (QED) is 0.695. The molecule has 146 valence electrons. The Kier molecular flexibility index (Phi) is 5.95. The van der Waals surface area contributed by atoms with E-state index < -0.39 is 0 Å². The first-order valence-electron chi connectivity index (χ1n) is 9.77. The summed E-state index contributed by atoms with van der Waals surface area (Å²) in [5.41, 5.74) is 2.22. The van der Waals surface area contributed by atoms with Gasteiger partial charge in [-0.25, -0.2) is 4.98 Å². The molecule has 1 aromatic heterocycles. The van der Waals surface area contributed by atoms with Crippen molar-refractivity contribution in [2.24, 2.45) is 0 Å². The van der Waals surface area contributed by atoms with Crippen molar-refractivity contribution < 1.29 is 9.69 Å². The molecule has 28 heavy (non-hydrogen) atoms. The Balaban J connectivity index is 1.37. The summed E-state index contributed by atoms with van der Waals surface area (Å²) in [5, 5.41) is 1.91. The normalized spacial score (nSPS) is 18.4. The smallest absolute Gasteiger partial charge is 0.277 e. The lowest BCUT2D eigenvalue weighted by Crippen LogP contribution is -3.08. The third kappa shape index (κ3) is 4.54. The van der Waals surface area contributed by atoms with E-state index in [1.807, 2.05) is 29.2 Å². The molecule has 0 saturated carbocycles. The van der Waals surface area contributed by atoms with E-state index in [1.165, 1.54) is 14.6 Å². The summed E-state index contributed by atoms with van der Waals surface area (Å²) in [6, 6.07) is 16.1. The standard InChI is InChI=1S/C22H24ClN3OS/c1-25(13-16-6-4-8-18(23)12-16)15-21(27)26-11-5-7-17(14-26)22-24-19-9-2-3-10-20(19)28-22/h2-4,6,8-10,12,17H,5,7,11,13-15H2,1H3/p+1/t17-/m0/s1. The molecule has 6 heteroatoms. The molecule has 1 saturated heterocycles. The van der Waals surface area contributed by atoms with Crippen LogP contribution in [0.3, 0.4) is 0 Å². The number of hydrogen-bond acceptors (Lipinski definition) is 3. The van der Waals surface area contributed by atoms with Crippen LogP contribution in [0.5, 0.6) is 0 Å². The van der Waals surface area contributed by atoms with Crippen molar-refractivity contribution in [1.82, 2.24) is 9.88 Å². The molecule has 4 nitrogen and oxygen atoms in total. The lowest BCUT2D eigenvalue weighted by molar-refractivity contribution is -0.885. The number of quaternary nitrogens is 1. The summed E-state index contributed by atoms with van der Waals surface area (Å²) in [6.45, 7) is 2.92. The third-order valence-corrected chi connectivity index (χ3v) is 6.72. The van der Waals surface area contributed by atoms with Crippen molar-refractivity contribution in [2.75, 3.05) is 26.7 Å². The first kappa shape index (κ1) is 19.4. The molecule has 1 amide bonds. The molecular formula is C22H25ClN3OS+. The van der Waals surface area contributed by atoms with Crippen LogP contribution in [0, 0.1) is 0 Å². The number of fused-ring (bicyclic) bond motifs is 1. The molecule has 1 N–H and O–H groups in total. The number of hydrogen-bond donors (Lipinski definition) is 1. The van der Waals surface area contributed by atoms with Gasteiger partial charge in [-0.15, -0.1) is 11.3 Å². The Labute approximate surface area is 174 Å². The number of para-hydroxylation sites is 1. The van der Waals surface area contributed by atoms with Gasteiger partial charge in [0.2, 0.25) is 0 Å². The fourth-order valence-electron chi connectivity index (χ4n) is 3.90.